The van der Waals surface area contributed by atoms with Gasteiger partial charge in [0.15, 0.2) is 0 Å². The zero-order chi connectivity index (χ0) is 29.2. The van der Waals surface area contributed by atoms with E-state index in [4.69, 9.17) is 4.74 Å². The first-order valence-electron chi connectivity index (χ1n) is 18.6. The monoisotopic (exact) mass is 563 g/mol. The minimum absolute atomic E-state index is 0.161. The van der Waals surface area contributed by atoms with E-state index in [9.17, 15) is 4.79 Å². The third-order valence-electron chi connectivity index (χ3n) is 8.60. The second-order valence-corrected chi connectivity index (χ2v) is 12.7. The highest BCUT2D eigenvalue weighted by atomic mass is 16.5. The van der Waals surface area contributed by atoms with E-state index >= 15 is 0 Å². The van der Waals surface area contributed by atoms with Gasteiger partial charge in [0.2, 0.25) is 0 Å². The molecule has 0 rings (SSSR count). The maximum Gasteiger partial charge on any atom is 0.333 e. The summed E-state index contributed by atoms with van der Waals surface area (Å²) in [6, 6.07) is 0. The summed E-state index contributed by atoms with van der Waals surface area (Å²) in [4.78, 5) is 12.2. The molecule has 0 aliphatic carbocycles. The SMILES string of the molecule is C=C(CCCCCCCCCCCCCCCCC)C(=O)OCCCCCCCCCCCCCCCCCC. The Hall–Kier alpha value is -0.790. The van der Waals surface area contributed by atoms with Crippen molar-refractivity contribution in [1.29, 1.82) is 0 Å². The zero-order valence-electron chi connectivity index (χ0n) is 27.9. The van der Waals surface area contributed by atoms with E-state index in [1.165, 1.54) is 186 Å². The van der Waals surface area contributed by atoms with Crippen LogP contribution in [0.2, 0.25) is 0 Å². The summed E-state index contributed by atoms with van der Waals surface area (Å²) in [7, 11) is 0. The topological polar surface area (TPSA) is 26.3 Å². The van der Waals surface area contributed by atoms with Gasteiger partial charge < -0.3 is 4.74 Å². The number of carbonyl (C=O) groups excluding carboxylic acids is 1. The fourth-order valence-electron chi connectivity index (χ4n) is 5.73. The molecule has 0 atom stereocenters. The number of ether oxygens (including phenoxy) is 1. The summed E-state index contributed by atoms with van der Waals surface area (Å²) in [5.41, 5.74) is 0.672. The van der Waals surface area contributed by atoms with E-state index < -0.39 is 0 Å². The lowest BCUT2D eigenvalue weighted by Gasteiger charge is -2.07. The van der Waals surface area contributed by atoms with Crippen LogP contribution in [0.5, 0.6) is 0 Å². The van der Waals surface area contributed by atoms with Crippen molar-refractivity contribution in [3.63, 3.8) is 0 Å². The summed E-state index contributed by atoms with van der Waals surface area (Å²) >= 11 is 0. The van der Waals surface area contributed by atoms with Crippen LogP contribution < -0.4 is 0 Å². The number of hydrogen-bond acceptors (Lipinski definition) is 2. The van der Waals surface area contributed by atoms with E-state index in [0.717, 1.165) is 19.3 Å². The second kappa shape index (κ2) is 34.4. The highest BCUT2D eigenvalue weighted by molar-refractivity contribution is 5.87. The third-order valence-corrected chi connectivity index (χ3v) is 8.60. The molecule has 0 amide bonds. The van der Waals surface area contributed by atoms with Gasteiger partial charge in [0.05, 0.1) is 6.61 Å². The van der Waals surface area contributed by atoms with Gasteiger partial charge in [-0.1, -0.05) is 207 Å². The molecule has 0 N–H and O–H groups in total. The van der Waals surface area contributed by atoms with Crippen LogP contribution in [-0.4, -0.2) is 12.6 Å². The predicted molar refractivity (Wildman–Crippen MR) is 179 cm³/mol. The van der Waals surface area contributed by atoms with E-state index in [0.29, 0.717) is 12.2 Å². The van der Waals surface area contributed by atoms with Gasteiger partial charge >= 0.3 is 5.97 Å². The van der Waals surface area contributed by atoms with Gasteiger partial charge in [-0.3, -0.25) is 0 Å². The summed E-state index contributed by atoms with van der Waals surface area (Å²) < 4.78 is 5.46. The van der Waals surface area contributed by atoms with E-state index in [2.05, 4.69) is 20.4 Å². The van der Waals surface area contributed by atoms with Crippen LogP contribution in [0.1, 0.15) is 219 Å². The van der Waals surface area contributed by atoms with Gasteiger partial charge in [0, 0.05) is 5.57 Å². The minimum Gasteiger partial charge on any atom is -0.462 e. The van der Waals surface area contributed by atoms with Crippen molar-refractivity contribution in [3.8, 4) is 0 Å². The molecule has 0 aliphatic heterocycles. The van der Waals surface area contributed by atoms with E-state index in [1.54, 1.807) is 0 Å². The fourth-order valence-corrected chi connectivity index (χ4v) is 5.73. The quantitative estimate of drug-likeness (QED) is 0.0443. The van der Waals surface area contributed by atoms with Crippen LogP contribution in [0.25, 0.3) is 0 Å². The normalized spacial score (nSPS) is 11.2. The number of carbonyl (C=O) groups is 1. The van der Waals surface area contributed by atoms with Gasteiger partial charge in [-0.05, 0) is 19.3 Å². The Bertz CT molecular complexity index is 512. The average molecular weight is 563 g/mol. The van der Waals surface area contributed by atoms with Gasteiger partial charge in [-0.15, -0.1) is 0 Å². The molecule has 0 fully saturated rings. The Morgan fingerprint density at radius 3 is 0.950 bits per heavy atom. The van der Waals surface area contributed by atoms with Crippen LogP contribution >= 0.6 is 0 Å². The van der Waals surface area contributed by atoms with Crippen molar-refractivity contribution in [3.05, 3.63) is 12.2 Å². The van der Waals surface area contributed by atoms with Gasteiger partial charge in [0.25, 0.3) is 0 Å². The van der Waals surface area contributed by atoms with Crippen molar-refractivity contribution in [1.82, 2.24) is 0 Å². The summed E-state index contributed by atoms with van der Waals surface area (Å²) in [6.07, 6.45) is 43.1. The molecule has 0 saturated heterocycles. The Labute approximate surface area is 253 Å². The first kappa shape index (κ1) is 39.2. The van der Waals surface area contributed by atoms with Crippen molar-refractivity contribution in [2.75, 3.05) is 6.61 Å². The first-order chi connectivity index (χ1) is 19.7. The average Bonchev–Trinajstić information content (AvgIpc) is 2.96. The predicted octanol–water partition coefficient (Wildman–Crippen LogP) is 13.6. The molecule has 0 radical (unpaired) electrons. The standard InChI is InChI=1S/C38H74O2/c1-4-6-8-10-12-14-16-18-20-22-24-26-28-30-32-34-36-40-38(39)37(3)35-33-31-29-27-25-23-21-19-17-15-13-11-9-7-5-2/h3-36H2,1-2H3. The molecule has 0 aromatic carbocycles. The van der Waals surface area contributed by atoms with Crippen molar-refractivity contribution < 1.29 is 9.53 Å². The lowest BCUT2D eigenvalue weighted by atomic mass is 10.0. The smallest absolute Gasteiger partial charge is 0.333 e. The van der Waals surface area contributed by atoms with Crippen molar-refractivity contribution in [2.24, 2.45) is 0 Å². The second-order valence-electron chi connectivity index (χ2n) is 12.7. The zero-order valence-corrected chi connectivity index (χ0v) is 27.9. The number of unbranched alkanes of at least 4 members (excludes halogenated alkanes) is 29. The molecule has 0 saturated carbocycles. The number of hydrogen-bond donors (Lipinski definition) is 0. The van der Waals surface area contributed by atoms with Gasteiger partial charge in [-0.25, -0.2) is 4.79 Å². The Kier molecular flexibility index (Phi) is 33.7. The first-order valence-corrected chi connectivity index (χ1v) is 18.6. The summed E-state index contributed by atoms with van der Waals surface area (Å²) in [5, 5.41) is 0. The molecule has 238 valence electrons. The molecule has 0 aromatic rings. The van der Waals surface area contributed by atoms with Crippen LogP contribution in [0.3, 0.4) is 0 Å². The fraction of sp³-hybridized carbons (Fsp3) is 0.921. The molecule has 0 unspecified atom stereocenters. The van der Waals surface area contributed by atoms with Crippen molar-refractivity contribution >= 4 is 5.97 Å². The molecule has 0 bridgehead atoms. The Morgan fingerprint density at radius 2 is 0.650 bits per heavy atom. The molecule has 2 heteroatoms. The van der Waals surface area contributed by atoms with Crippen LogP contribution in [0.15, 0.2) is 12.2 Å². The molecule has 40 heavy (non-hydrogen) atoms. The van der Waals surface area contributed by atoms with Crippen LogP contribution in [0, 0.1) is 0 Å². The molecule has 0 aromatic heterocycles. The van der Waals surface area contributed by atoms with Crippen LogP contribution in [0.4, 0.5) is 0 Å². The maximum absolute atomic E-state index is 12.2. The molecule has 0 heterocycles. The highest BCUT2D eigenvalue weighted by Crippen LogP contribution is 2.16. The summed E-state index contributed by atoms with van der Waals surface area (Å²) in [5.74, 6) is -0.161. The van der Waals surface area contributed by atoms with Gasteiger partial charge in [-0.2, -0.15) is 0 Å². The third kappa shape index (κ3) is 31.7. The number of rotatable bonds is 34. The largest absolute Gasteiger partial charge is 0.462 e. The molecular formula is C38H74O2. The molecule has 0 spiro atoms. The summed E-state index contributed by atoms with van der Waals surface area (Å²) in [6.45, 7) is 9.12. The molecule has 0 aliphatic rings. The lowest BCUT2D eigenvalue weighted by Crippen LogP contribution is -2.08. The van der Waals surface area contributed by atoms with Crippen molar-refractivity contribution in [2.45, 2.75) is 219 Å². The molecular weight excluding hydrogens is 488 g/mol. The van der Waals surface area contributed by atoms with E-state index in [1.807, 2.05) is 0 Å². The maximum atomic E-state index is 12.2. The van der Waals surface area contributed by atoms with Crippen LogP contribution in [-0.2, 0) is 9.53 Å². The lowest BCUT2D eigenvalue weighted by molar-refractivity contribution is -0.139. The minimum atomic E-state index is -0.161. The van der Waals surface area contributed by atoms with Gasteiger partial charge in [0.1, 0.15) is 0 Å². The Morgan fingerprint density at radius 1 is 0.400 bits per heavy atom. The van der Waals surface area contributed by atoms with E-state index in [-0.39, 0.29) is 5.97 Å². The number of esters is 1. The Balaban J connectivity index is 3.27. The highest BCUT2D eigenvalue weighted by Gasteiger charge is 2.08. The molecule has 2 nitrogen and oxygen atoms in total.